The number of ether oxygens (including phenoxy) is 1. The van der Waals surface area contributed by atoms with Gasteiger partial charge < -0.3 is 4.74 Å². The Morgan fingerprint density at radius 2 is 1.20 bits per heavy atom. The molecule has 1 aliphatic carbocycles. The quantitative estimate of drug-likeness (QED) is 0.223. The summed E-state index contributed by atoms with van der Waals surface area (Å²) in [5.41, 5.74) is 7.94. The molecule has 0 radical (unpaired) electrons. The van der Waals surface area contributed by atoms with Crippen molar-refractivity contribution in [2.24, 2.45) is 0 Å². The average Bonchev–Trinajstić information content (AvgIpc) is 3.48. The van der Waals surface area contributed by atoms with Crippen LogP contribution >= 0.6 is 0 Å². The summed E-state index contributed by atoms with van der Waals surface area (Å²) < 4.78 is 7.56. The summed E-state index contributed by atoms with van der Waals surface area (Å²) in [7, 11) is 1.67. The molecule has 0 amide bonds. The smallest absolute Gasteiger partial charge is 0.159 e. The highest BCUT2D eigenvalue weighted by molar-refractivity contribution is 5.70. The minimum atomic E-state index is -0.711. The molecule has 0 N–H and O–H groups in total. The number of methoxy groups -OCH3 is 1. The molecular formula is C35H28N4O. The van der Waals surface area contributed by atoms with Gasteiger partial charge >= 0.3 is 0 Å². The molecule has 7 rings (SSSR count). The SMILES string of the molecule is COc1ccc(-c2ncc3c(n2)-c2c(cnn2C(c2ccccc2)(c2ccccc2)c2ccccc2)CC3)cc1. The summed E-state index contributed by atoms with van der Waals surface area (Å²) in [6, 6.07) is 39.9. The Bertz CT molecular complexity index is 1670. The van der Waals surface area contributed by atoms with E-state index in [1.165, 1.54) is 5.56 Å². The van der Waals surface area contributed by atoms with Gasteiger partial charge in [-0.05, 0) is 59.4 Å². The van der Waals surface area contributed by atoms with E-state index >= 15 is 0 Å². The van der Waals surface area contributed by atoms with Gasteiger partial charge in [-0.3, -0.25) is 0 Å². The molecule has 194 valence electrons. The molecule has 5 nitrogen and oxygen atoms in total. The Balaban J connectivity index is 1.52. The maximum atomic E-state index is 5.36. The van der Waals surface area contributed by atoms with Crippen LogP contribution in [0.4, 0.5) is 0 Å². The fourth-order valence-electron chi connectivity index (χ4n) is 5.92. The summed E-state index contributed by atoms with van der Waals surface area (Å²) in [4.78, 5) is 9.95. The molecule has 0 bridgehead atoms. The van der Waals surface area contributed by atoms with Crippen molar-refractivity contribution in [3.05, 3.63) is 155 Å². The van der Waals surface area contributed by atoms with Crippen LogP contribution in [0.1, 0.15) is 27.8 Å². The van der Waals surface area contributed by atoms with Crippen LogP contribution in [0.5, 0.6) is 5.75 Å². The summed E-state index contributed by atoms with van der Waals surface area (Å²) in [5, 5.41) is 5.16. The predicted octanol–water partition coefficient (Wildman–Crippen LogP) is 6.95. The first kappa shape index (κ1) is 24.0. The van der Waals surface area contributed by atoms with Crippen LogP contribution in [-0.4, -0.2) is 26.9 Å². The molecule has 0 saturated carbocycles. The third-order valence-corrected chi connectivity index (χ3v) is 7.84. The Hall–Kier alpha value is -5.03. The standard InChI is InChI=1S/C35H28N4O/c1-40-31-21-19-25(20-22-31)34-36-23-26-17-18-27-24-37-39(33(27)32(26)38-34)35(28-11-5-2-6-12-28,29-13-7-3-8-14-29)30-15-9-4-10-16-30/h2-16,19-24H,17-18H2,1H3. The molecule has 0 saturated heterocycles. The van der Waals surface area contributed by atoms with Gasteiger partial charge in [0.1, 0.15) is 11.3 Å². The molecule has 2 aromatic heterocycles. The first-order valence-corrected chi connectivity index (χ1v) is 13.5. The van der Waals surface area contributed by atoms with Gasteiger partial charge in [0.05, 0.1) is 24.7 Å². The number of aryl methyl sites for hydroxylation is 2. The van der Waals surface area contributed by atoms with Gasteiger partial charge in [-0.2, -0.15) is 5.10 Å². The van der Waals surface area contributed by atoms with Crippen LogP contribution in [-0.2, 0) is 18.4 Å². The summed E-state index contributed by atoms with van der Waals surface area (Å²) in [5.74, 6) is 1.49. The van der Waals surface area contributed by atoms with Crippen LogP contribution in [0.2, 0.25) is 0 Å². The highest BCUT2D eigenvalue weighted by Gasteiger charge is 2.42. The summed E-state index contributed by atoms with van der Waals surface area (Å²) >= 11 is 0. The van der Waals surface area contributed by atoms with Crippen molar-refractivity contribution in [1.29, 1.82) is 0 Å². The number of rotatable bonds is 6. The number of hydrogen-bond acceptors (Lipinski definition) is 4. The lowest BCUT2D eigenvalue weighted by molar-refractivity contribution is 0.415. The van der Waals surface area contributed by atoms with E-state index in [9.17, 15) is 0 Å². The van der Waals surface area contributed by atoms with E-state index in [-0.39, 0.29) is 0 Å². The second-order valence-electron chi connectivity index (χ2n) is 10.0. The zero-order valence-electron chi connectivity index (χ0n) is 22.2. The number of nitrogens with zero attached hydrogens (tertiary/aromatic N) is 4. The van der Waals surface area contributed by atoms with Crippen LogP contribution < -0.4 is 4.74 Å². The molecule has 1 aliphatic rings. The van der Waals surface area contributed by atoms with Gasteiger partial charge in [0.25, 0.3) is 0 Å². The molecule has 40 heavy (non-hydrogen) atoms. The Morgan fingerprint density at radius 3 is 1.75 bits per heavy atom. The largest absolute Gasteiger partial charge is 0.497 e. The molecule has 6 aromatic rings. The Morgan fingerprint density at radius 1 is 0.650 bits per heavy atom. The van der Waals surface area contributed by atoms with Crippen molar-refractivity contribution >= 4 is 0 Å². The molecular weight excluding hydrogens is 492 g/mol. The van der Waals surface area contributed by atoms with E-state index in [2.05, 4.69) is 95.7 Å². The molecule has 0 spiro atoms. The molecule has 4 aromatic carbocycles. The van der Waals surface area contributed by atoms with Crippen molar-refractivity contribution in [1.82, 2.24) is 19.7 Å². The van der Waals surface area contributed by atoms with Crippen molar-refractivity contribution < 1.29 is 4.74 Å². The first-order valence-electron chi connectivity index (χ1n) is 13.5. The molecule has 0 atom stereocenters. The minimum Gasteiger partial charge on any atom is -0.497 e. The van der Waals surface area contributed by atoms with Gasteiger partial charge in [0.2, 0.25) is 0 Å². The second kappa shape index (κ2) is 9.93. The van der Waals surface area contributed by atoms with Crippen LogP contribution in [0.3, 0.4) is 0 Å². The average molecular weight is 521 g/mol. The zero-order chi connectivity index (χ0) is 26.9. The van der Waals surface area contributed by atoms with E-state index in [0.717, 1.165) is 57.8 Å². The van der Waals surface area contributed by atoms with Crippen molar-refractivity contribution in [3.8, 4) is 28.5 Å². The van der Waals surface area contributed by atoms with Crippen molar-refractivity contribution in [3.63, 3.8) is 0 Å². The summed E-state index contributed by atoms with van der Waals surface area (Å²) in [6.45, 7) is 0. The van der Waals surface area contributed by atoms with E-state index in [1.54, 1.807) is 7.11 Å². The van der Waals surface area contributed by atoms with E-state index in [1.807, 2.05) is 36.7 Å². The van der Waals surface area contributed by atoms with Crippen LogP contribution in [0.25, 0.3) is 22.8 Å². The lowest BCUT2D eigenvalue weighted by atomic mass is 9.76. The Labute approximate surface area is 233 Å². The van der Waals surface area contributed by atoms with E-state index in [0.29, 0.717) is 5.82 Å². The number of aromatic nitrogens is 4. The topological polar surface area (TPSA) is 52.8 Å². The normalized spacial score (nSPS) is 12.4. The van der Waals surface area contributed by atoms with Crippen molar-refractivity contribution in [2.75, 3.05) is 7.11 Å². The second-order valence-corrected chi connectivity index (χ2v) is 10.0. The van der Waals surface area contributed by atoms with Gasteiger partial charge in [0.15, 0.2) is 5.82 Å². The summed E-state index contributed by atoms with van der Waals surface area (Å²) in [6.07, 6.45) is 5.78. The van der Waals surface area contributed by atoms with E-state index < -0.39 is 5.54 Å². The first-order chi connectivity index (χ1) is 19.8. The van der Waals surface area contributed by atoms with Crippen molar-refractivity contribution in [2.45, 2.75) is 18.4 Å². The predicted molar refractivity (Wildman–Crippen MR) is 157 cm³/mol. The van der Waals surface area contributed by atoms with Crippen LogP contribution in [0.15, 0.2) is 128 Å². The molecule has 5 heteroatoms. The number of benzene rings is 4. The monoisotopic (exact) mass is 520 g/mol. The fraction of sp³-hybridized carbons (Fsp3) is 0.114. The van der Waals surface area contributed by atoms with E-state index in [4.69, 9.17) is 19.8 Å². The number of fused-ring (bicyclic) bond motifs is 3. The molecule has 0 aliphatic heterocycles. The lowest BCUT2D eigenvalue weighted by Crippen LogP contribution is -2.39. The third kappa shape index (κ3) is 3.82. The van der Waals surface area contributed by atoms with Gasteiger partial charge in [-0.25, -0.2) is 14.6 Å². The molecule has 0 fully saturated rings. The van der Waals surface area contributed by atoms with Gasteiger partial charge in [0, 0.05) is 17.3 Å². The Kier molecular flexibility index (Phi) is 5.97. The maximum absolute atomic E-state index is 5.36. The highest BCUT2D eigenvalue weighted by Crippen LogP contribution is 2.45. The van der Waals surface area contributed by atoms with Crippen LogP contribution in [0, 0.1) is 0 Å². The minimum absolute atomic E-state index is 0.687. The van der Waals surface area contributed by atoms with Gasteiger partial charge in [-0.1, -0.05) is 91.0 Å². The van der Waals surface area contributed by atoms with Gasteiger partial charge in [-0.15, -0.1) is 0 Å². The molecule has 0 unspecified atom stereocenters. The zero-order valence-corrected chi connectivity index (χ0v) is 22.2. The number of hydrogen-bond donors (Lipinski definition) is 0. The molecule has 2 heterocycles. The maximum Gasteiger partial charge on any atom is 0.159 e. The lowest BCUT2D eigenvalue weighted by Gasteiger charge is -2.38. The third-order valence-electron chi connectivity index (χ3n) is 7.84. The fourth-order valence-corrected chi connectivity index (χ4v) is 5.92. The highest BCUT2D eigenvalue weighted by atomic mass is 16.5.